The molecule has 0 saturated carbocycles. The molecule has 0 bridgehead atoms. The van der Waals surface area contributed by atoms with E-state index in [9.17, 15) is 9.59 Å². The van der Waals surface area contributed by atoms with E-state index in [1.807, 2.05) is 29.2 Å². The zero-order valence-corrected chi connectivity index (χ0v) is 14.1. The SMILES string of the molecule is CCCCCCCC(=O)NCc1ccc(N2CCCC2=O)cc1. The van der Waals surface area contributed by atoms with Crippen LogP contribution in [0.15, 0.2) is 24.3 Å². The maximum atomic E-state index is 11.8. The van der Waals surface area contributed by atoms with E-state index in [0.717, 1.165) is 37.1 Å². The maximum Gasteiger partial charge on any atom is 0.227 e. The number of nitrogens with zero attached hydrogens (tertiary/aromatic N) is 1. The van der Waals surface area contributed by atoms with Crippen molar-refractivity contribution in [2.24, 2.45) is 0 Å². The molecule has 0 aliphatic carbocycles. The predicted molar refractivity (Wildman–Crippen MR) is 93.3 cm³/mol. The van der Waals surface area contributed by atoms with E-state index in [2.05, 4.69) is 12.2 Å². The molecule has 0 aromatic heterocycles. The van der Waals surface area contributed by atoms with Crippen molar-refractivity contribution in [3.05, 3.63) is 29.8 Å². The Morgan fingerprint density at radius 2 is 1.87 bits per heavy atom. The summed E-state index contributed by atoms with van der Waals surface area (Å²) < 4.78 is 0. The van der Waals surface area contributed by atoms with Gasteiger partial charge in [-0.3, -0.25) is 9.59 Å². The summed E-state index contributed by atoms with van der Waals surface area (Å²) in [6.07, 6.45) is 8.02. The quantitative estimate of drug-likeness (QED) is 0.705. The molecule has 4 nitrogen and oxygen atoms in total. The molecule has 0 atom stereocenters. The lowest BCUT2D eigenvalue weighted by Gasteiger charge is -2.16. The van der Waals surface area contributed by atoms with Gasteiger partial charge >= 0.3 is 0 Å². The van der Waals surface area contributed by atoms with E-state index in [0.29, 0.717) is 19.4 Å². The summed E-state index contributed by atoms with van der Waals surface area (Å²) in [6.45, 7) is 3.56. The summed E-state index contributed by atoms with van der Waals surface area (Å²) in [7, 11) is 0. The van der Waals surface area contributed by atoms with Crippen LogP contribution < -0.4 is 10.2 Å². The third kappa shape index (κ3) is 5.70. The molecule has 1 aliphatic rings. The molecule has 1 fully saturated rings. The lowest BCUT2D eigenvalue weighted by molar-refractivity contribution is -0.121. The smallest absolute Gasteiger partial charge is 0.227 e. The number of carbonyl (C=O) groups is 2. The third-order valence-electron chi connectivity index (χ3n) is 4.32. The molecule has 4 heteroatoms. The molecule has 2 amide bonds. The van der Waals surface area contributed by atoms with Crippen LogP contribution in [0.25, 0.3) is 0 Å². The van der Waals surface area contributed by atoms with Crippen LogP contribution in [0.4, 0.5) is 5.69 Å². The average Bonchev–Trinajstić information content (AvgIpc) is 2.99. The largest absolute Gasteiger partial charge is 0.352 e. The highest BCUT2D eigenvalue weighted by Crippen LogP contribution is 2.21. The number of benzene rings is 1. The number of amides is 2. The summed E-state index contributed by atoms with van der Waals surface area (Å²) in [4.78, 5) is 25.3. The summed E-state index contributed by atoms with van der Waals surface area (Å²) in [5.74, 6) is 0.328. The standard InChI is InChI=1S/C19H28N2O2/c1-2-3-4-5-6-8-18(22)20-15-16-10-12-17(13-11-16)21-14-7-9-19(21)23/h10-13H,2-9,14-15H2,1H3,(H,20,22). The first-order valence-electron chi connectivity index (χ1n) is 8.86. The second kappa shape index (κ2) is 9.33. The first-order chi connectivity index (χ1) is 11.2. The van der Waals surface area contributed by atoms with Gasteiger partial charge in [0.15, 0.2) is 0 Å². The van der Waals surface area contributed by atoms with Gasteiger partial charge in [-0.05, 0) is 30.5 Å². The van der Waals surface area contributed by atoms with Crippen molar-refractivity contribution < 1.29 is 9.59 Å². The molecule has 1 aromatic carbocycles. The van der Waals surface area contributed by atoms with E-state index < -0.39 is 0 Å². The predicted octanol–water partition coefficient (Wildman–Crippen LogP) is 3.79. The molecule has 0 spiro atoms. The second-order valence-corrected chi connectivity index (χ2v) is 6.26. The van der Waals surface area contributed by atoms with Gasteiger partial charge in [-0.1, -0.05) is 44.7 Å². The van der Waals surface area contributed by atoms with Gasteiger partial charge in [-0.15, -0.1) is 0 Å². The molecule has 1 aromatic rings. The van der Waals surface area contributed by atoms with Gasteiger partial charge in [-0.25, -0.2) is 0 Å². The highest BCUT2D eigenvalue weighted by Gasteiger charge is 2.21. The molecular formula is C19H28N2O2. The number of carbonyl (C=O) groups excluding carboxylic acids is 2. The summed E-state index contributed by atoms with van der Waals surface area (Å²) in [5, 5.41) is 2.97. The fraction of sp³-hybridized carbons (Fsp3) is 0.579. The fourth-order valence-electron chi connectivity index (χ4n) is 2.89. The van der Waals surface area contributed by atoms with Crippen LogP contribution in [0.5, 0.6) is 0 Å². The van der Waals surface area contributed by atoms with Gasteiger partial charge < -0.3 is 10.2 Å². The number of hydrogen-bond donors (Lipinski definition) is 1. The van der Waals surface area contributed by atoms with E-state index in [1.165, 1.54) is 19.3 Å². The minimum absolute atomic E-state index is 0.125. The number of rotatable bonds is 9. The maximum absolute atomic E-state index is 11.8. The molecule has 1 heterocycles. The van der Waals surface area contributed by atoms with Crippen LogP contribution in [-0.4, -0.2) is 18.4 Å². The molecular weight excluding hydrogens is 288 g/mol. The highest BCUT2D eigenvalue weighted by molar-refractivity contribution is 5.95. The monoisotopic (exact) mass is 316 g/mol. The average molecular weight is 316 g/mol. The van der Waals surface area contributed by atoms with E-state index in [-0.39, 0.29) is 11.8 Å². The minimum atomic E-state index is 0.125. The Balaban J connectivity index is 1.69. The van der Waals surface area contributed by atoms with Crippen LogP contribution in [0, 0.1) is 0 Å². The first-order valence-corrected chi connectivity index (χ1v) is 8.86. The summed E-state index contributed by atoms with van der Waals surface area (Å²) in [5.41, 5.74) is 2.03. The summed E-state index contributed by atoms with van der Waals surface area (Å²) in [6, 6.07) is 7.91. The highest BCUT2D eigenvalue weighted by atomic mass is 16.2. The van der Waals surface area contributed by atoms with Crippen molar-refractivity contribution in [1.29, 1.82) is 0 Å². The normalized spacial score (nSPS) is 14.3. The van der Waals surface area contributed by atoms with Gasteiger partial charge in [0, 0.05) is 31.6 Å². The Bertz CT molecular complexity index is 511. The molecule has 0 unspecified atom stereocenters. The summed E-state index contributed by atoms with van der Waals surface area (Å²) >= 11 is 0. The van der Waals surface area contributed by atoms with E-state index >= 15 is 0 Å². The van der Waals surface area contributed by atoms with E-state index in [4.69, 9.17) is 0 Å². The zero-order valence-electron chi connectivity index (χ0n) is 14.1. The van der Waals surface area contributed by atoms with Crippen molar-refractivity contribution in [3.8, 4) is 0 Å². The van der Waals surface area contributed by atoms with E-state index in [1.54, 1.807) is 0 Å². The molecule has 23 heavy (non-hydrogen) atoms. The molecule has 1 aliphatic heterocycles. The van der Waals surface area contributed by atoms with Gasteiger partial charge in [-0.2, -0.15) is 0 Å². The lowest BCUT2D eigenvalue weighted by Crippen LogP contribution is -2.24. The molecule has 1 saturated heterocycles. The third-order valence-corrected chi connectivity index (χ3v) is 4.32. The lowest BCUT2D eigenvalue weighted by atomic mass is 10.1. The molecule has 1 N–H and O–H groups in total. The second-order valence-electron chi connectivity index (χ2n) is 6.26. The Morgan fingerprint density at radius 1 is 1.13 bits per heavy atom. The number of nitrogens with one attached hydrogen (secondary N) is 1. The van der Waals surface area contributed by atoms with Gasteiger partial charge in [0.2, 0.25) is 11.8 Å². The van der Waals surface area contributed by atoms with Gasteiger partial charge in [0.25, 0.3) is 0 Å². The van der Waals surface area contributed by atoms with Crippen LogP contribution in [0.3, 0.4) is 0 Å². The zero-order chi connectivity index (χ0) is 16.5. The topological polar surface area (TPSA) is 49.4 Å². The van der Waals surface area contributed by atoms with Crippen molar-refractivity contribution in [2.75, 3.05) is 11.4 Å². The fourth-order valence-corrected chi connectivity index (χ4v) is 2.89. The van der Waals surface area contributed by atoms with Crippen LogP contribution in [-0.2, 0) is 16.1 Å². The van der Waals surface area contributed by atoms with Crippen molar-refractivity contribution in [1.82, 2.24) is 5.32 Å². The Morgan fingerprint density at radius 3 is 2.52 bits per heavy atom. The Labute approximate surface area is 139 Å². The van der Waals surface area contributed by atoms with Crippen LogP contribution in [0.1, 0.15) is 63.9 Å². The number of hydrogen-bond acceptors (Lipinski definition) is 2. The number of unbranched alkanes of at least 4 members (excludes halogenated alkanes) is 4. The first kappa shape index (κ1) is 17.5. The van der Waals surface area contributed by atoms with Crippen LogP contribution in [0.2, 0.25) is 0 Å². The Hall–Kier alpha value is -1.84. The minimum Gasteiger partial charge on any atom is -0.352 e. The number of anilines is 1. The van der Waals surface area contributed by atoms with Gasteiger partial charge in [0.1, 0.15) is 0 Å². The van der Waals surface area contributed by atoms with Crippen molar-refractivity contribution in [3.63, 3.8) is 0 Å². The Kier molecular flexibility index (Phi) is 7.11. The molecule has 0 radical (unpaired) electrons. The van der Waals surface area contributed by atoms with Crippen LogP contribution >= 0.6 is 0 Å². The van der Waals surface area contributed by atoms with Gasteiger partial charge in [0.05, 0.1) is 0 Å². The molecule has 126 valence electrons. The van der Waals surface area contributed by atoms with Crippen molar-refractivity contribution >= 4 is 17.5 Å². The van der Waals surface area contributed by atoms with Crippen molar-refractivity contribution in [2.45, 2.75) is 64.8 Å². The molecule has 2 rings (SSSR count).